The van der Waals surface area contributed by atoms with Crippen LogP contribution >= 0.6 is 11.3 Å². The van der Waals surface area contributed by atoms with Gasteiger partial charge < -0.3 is 14.5 Å². The van der Waals surface area contributed by atoms with Gasteiger partial charge in [0.05, 0.1) is 18.4 Å². The van der Waals surface area contributed by atoms with Gasteiger partial charge in [-0.1, -0.05) is 24.3 Å². The summed E-state index contributed by atoms with van der Waals surface area (Å²) in [4.78, 5) is 14.0. The van der Waals surface area contributed by atoms with Crippen molar-refractivity contribution in [3.63, 3.8) is 0 Å². The molecule has 1 aromatic carbocycles. The molecule has 1 aliphatic carbocycles. The second-order valence-corrected chi connectivity index (χ2v) is 7.80. The summed E-state index contributed by atoms with van der Waals surface area (Å²) in [5.74, 6) is 0.853. The van der Waals surface area contributed by atoms with Gasteiger partial charge in [-0.3, -0.25) is 4.79 Å². The standard InChI is InChI=1S/C22H23NO3S/c24-22(20-15-27-21-9-2-1-8-19(20)21)23-12-16-5-3-6-17(11-16)13-25-14-18-7-4-10-26-18/h3-7,10-11,15H,1-2,8-9,12-14H2,(H,23,24). The highest BCUT2D eigenvalue weighted by atomic mass is 32.1. The predicted molar refractivity (Wildman–Crippen MR) is 106 cm³/mol. The molecule has 0 aliphatic heterocycles. The van der Waals surface area contributed by atoms with Gasteiger partial charge in [0.2, 0.25) is 0 Å². The zero-order chi connectivity index (χ0) is 18.5. The van der Waals surface area contributed by atoms with Crippen molar-refractivity contribution in [1.82, 2.24) is 5.32 Å². The number of hydrogen-bond acceptors (Lipinski definition) is 4. The van der Waals surface area contributed by atoms with Crippen LogP contribution in [0.3, 0.4) is 0 Å². The Balaban J connectivity index is 1.31. The van der Waals surface area contributed by atoms with Crippen molar-refractivity contribution in [1.29, 1.82) is 0 Å². The van der Waals surface area contributed by atoms with E-state index >= 15 is 0 Å². The number of amides is 1. The molecular weight excluding hydrogens is 358 g/mol. The van der Waals surface area contributed by atoms with Crippen molar-refractivity contribution in [2.75, 3.05) is 0 Å². The van der Waals surface area contributed by atoms with Crippen molar-refractivity contribution in [3.8, 4) is 0 Å². The van der Waals surface area contributed by atoms with Gasteiger partial charge in [-0.15, -0.1) is 11.3 Å². The molecule has 3 aromatic rings. The lowest BCUT2D eigenvalue weighted by Gasteiger charge is -2.13. The quantitative estimate of drug-likeness (QED) is 0.635. The van der Waals surface area contributed by atoms with Crippen molar-refractivity contribution in [3.05, 3.63) is 80.9 Å². The molecule has 0 fully saturated rings. The summed E-state index contributed by atoms with van der Waals surface area (Å²) in [6, 6.07) is 11.9. The third-order valence-electron chi connectivity index (χ3n) is 4.84. The Labute approximate surface area is 163 Å². The summed E-state index contributed by atoms with van der Waals surface area (Å²) in [5, 5.41) is 5.09. The van der Waals surface area contributed by atoms with Crippen molar-refractivity contribution >= 4 is 17.2 Å². The molecule has 1 amide bonds. The number of carbonyl (C=O) groups is 1. The molecule has 1 aliphatic rings. The van der Waals surface area contributed by atoms with Crippen LogP contribution in [0.15, 0.2) is 52.5 Å². The maximum absolute atomic E-state index is 12.6. The largest absolute Gasteiger partial charge is 0.467 e. The van der Waals surface area contributed by atoms with Crippen molar-refractivity contribution in [2.24, 2.45) is 0 Å². The first-order chi connectivity index (χ1) is 13.3. The molecule has 140 valence electrons. The number of thiophene rings is 1. The minimum Gasteiger partial charge on any atom is -0.467 e. The smallest absolute Gasteiger partial charge is 0.252 e. The van der Waals surface area contributed by atoms with E-state index in [0.29, 0.717) is 19.8 Å². The Hall–Kier alpha value is -2.37. The summed E-state index contributed by atoms with van der Waals surface area (Å²) < 4.78 is 10.9. The van der Waals surface area contributed by atoms with Crippen LogP contribution in [-0.4, -0.2) is 5.91 Å². The van der Waals surface area contributed by atoms with Gasteiger partial charge in [-0.05, 0) is 54.5 Å². The molecule has 1 N–H and O–H groups in total. The molecule has 4 nitrogen and oxygen atoms in total. The van der Waals surface area contributed by atoms with Gasteiger partial charge in [0.25, 0.3) is 5.91 Å². The highest BCUT2D eigenvalue weighted by molar-refractivity contribution is 7.10. The number of benzene rings is 1. The zero-order valence-corrected chi connectivity index (χ0v) is 16.0. The second kappa shape index (κ2) is 8.55. The molecule has 0 unspecified atom stereocenters. The van der Waals surface area contributed by atoms with E-state index in [-0.39, 0.29) is 5.91 Å². The number of aryl methyl sites for hydroxylation is 1. The lowest BCUT2D eigenvalue weighted by Crippen LogP contribution is -2.24. The van der Waals surface area contributed by atoms with Gasteiger partial charge in [-0.2, -0.15) is 0 Å². The van der Waals surface area contributed by atoms with Crippen LogP contribution in [0, 0.1) is 0 Å². The number of fused-ring (bicyclic) bond motifs is 1. The van der Waals surface area contributed by atoms with Crippen LogP contribution < -0.4 is 5.32 Å². The molecule has 0 atom stereocenters. The van der Waals surface area contributed by atoms with Crippen LogP contribution in [0.1, 0.15) is 50.5 Å². The normalized spacial score (nSPS) is 13.3. The van der Waals surface area contributed by atoms with Crippen molar-refractivity contribution in [2.45, 2.75) is 45.4 Å². The molecule has 0 radical (unpaired) electrons. The third-order valence-corrected chi connectivity index (χ3v) is 5.93. The summed E-state index contributed by atoms with van der Waals surface area (Å²) in [7, 11) is 0. The average molecular weight is 381 g/mol. The van der Waals surface area contributed by atoms with E-state index < -0.39 is 0 Å². The van der Waals surface area contributed by atoms with Gasteiger partial charge in [0.15, 0.2) is 0 Å². The fourth-order valence-corrected chi connectivity index (χ4v) is 4.58. The van der Waals surface area contributed by atoms with E-state index in [2.05, 4.69) is 11.4 Å². The van der Waals surface area contributed by atoms with Crippen LogP contribution in [0.5, 0.6) is 0 Å². The number of rotatable bonds is 7. The molecule has 0 spiro atoms. The Morgan fingerprint density at radius 1 is 1.11 bits per heavy atom. The van der Waals surface area contributed by atoms with Gasteiger partial charge >= 0.3 is 0 Å². The van der Waals surface area contributed by atoms with E-state index in [1.165, 1.54) is 23.3 Å². The summed E-state index contributed by atoms with van der Waals surface area (Å²) in [5.41, 5.74) is 4.30. The molecular formula is C22H23NO3S. The number of hydrogen-bond donors (Lipinski definition) is 1. The Bertz CT molecular complexity index is 898. The SMILES string of the molecule is O=C(NCc1cccc(COCc2ccco2)c1)c1csc2c1CCCC2. The molecule has 5 heteroatoms. The maximum atomic E-state index is 12.6. The molecule has 2 heterocycles. The van der Waals surface area contributed by atoms with E-state index in [0.717, 1.165) is 35.3 Å². The highest BCUT2D eigenvalue weighted by Gasteiger charge is 2.19. The van der Waals surface area contributed by atoms with Crippen LogP contribution in [-0.2, 0) is 37.3 Å². The minimum atomic E-state index is 0.0360. The maximum Gasteiger partial charge on any atom is 0.252 e. The third kappa shape index (κ3) is 4.49. The van der Waals surface area contributed by atoms with E-state index in [1.54, 1.807) is 17.6 Å². The number of furan rings is 1. The van der Waals surface area contributed by atoms with E-state index in [1.807, 2.05) is 35.7 Å². The molecule has 0 saturated heterocycles. The second-order valence-electron chi connectivity index (χ2n) is 6.83. The van der Waals surface area contributed by atoms with E-state index in [4.69, 9.17) is 9.15 Å². The molecule has 0 saturated carbocycles. The summed E-state index contributed by atoms with van der Waals surface area (Å²) >= 11 is 1.73. The van der Waals surface area contributed by atoms with Crippen LogP contribution in [0.25, 0.3) is 0 Å². The first-order valence-electron chi connectivity index (χ1n) is 9.35. The van der Waals surface area contributed by atoms with Crippen LogP contribution in [0.4, 0.5) is 0 Å². The van der Waals surface area contributed by atoms with Crippen LogP contribution in [0.2, 0.25) is 0 Å². The predicted octanol–water partition coefficient (Wildman–Crippen LogP) is 4.87. The lowest BCUT2D eigenvalue weighted by molar-refractivity contribution is 0.0928. The molecule has 4 rings (SSSR count). The summed E-state index contributed by atoms with van der Waals surface area (Å²) in [6.07, 6.45) is 6.22. The Morgan fingerprint density at radius 3 is 2.89 bits per heavy atom. The topological polar surface area (TPSA) is 51.5 Å². The Kier molecular flexibility index (Phi) is 5.70. The van der Waals surface area contributed by atoms with Gasteiger partial charge in [-0.25, -0.2) is 0 Å². The van der Waals surface area contributed by atoms with E-state index in [9.17, 15) is 4.79 Å². The van der Waals surface area contributed by atoms with Gasteiger partial charge in [0, 0.05) is 16.8 Å². The first kappa shape index (κ1) is 18.0. The van der Waals surface area contributed by atoms with Gasteiger partial charge in [0.1, 0.15) is 12.4 Å². The first-order valence-corrected chi connectivity index (χ1v) is 10.2. The fourth-order valence-electron chi connectivity index (χ4n) is 3.46. The average Bonchev–Trinajstić information content (AvgIpc) is 3.36. The number of ether oxygens (including phenoxy) is 1. The lowest BCUT2D eigenvalue weighted by atomic mass is 9.95. The highest BCUT2D eigenvalue weighted by Crippen LogP contribution is 2.30. The summed E-state index contributed by atoms with van der Waals surface area (Å²) in [6.45, 7) is 1.49. The number of carbonyl (C=O) groups excluding carboxylic acids is 1. The Morgan fingerprint density at radius 2 is 2.00 bits per heavy atom. The monoisotopic (exact) mass is 381 g/mol. The molecule has 27 heavy (non-hydrogen) atoms. The molecule has 0 bridgehead atoms. The minimum absolute atomic E-state index is 0.0360. The number of nitrogens with one attached hydrogen (secondary N) is 1. The fraction of sp³-hybridized carbons (Fsp3) is 0.318. The molecule has 2 aromatic heterocycles. The zero-order valence-electron chi connectivity index (χ0n) is 15.2. The van der Waals surface area contributed by atoms with Crippen molar-refractivity contribution < 1.29 is 13.9 Å².